The molecule has 122 valence electrons. The van der Waals surface area contributed by atoms with Crippen LogP contribution in [0.1, 0.15) is 29.4 Å². The predicted octanol–water partition coefficient (Wildman–Crippen LogP) is 3.62. The summed E-state index contributed by atoms with van der Waals surface area (Å²) in [6.45, 7) is 6.33. The number of carbonyl (C=O) groups is 1. The molecular formula is C17H19NO4S. The maximum atomic E-state index is 10.9. The summed E-state index contributed by atoms with van der Waals surface area (Å²) < 4.78 is 11.4. The lowest BCUT2D eigenvalue weighted by molar-refractivity contribution is 0.0691. The quantitative estimate of drug-likeness (QED) is 0.905. The summed E-state index contributed by atoms with van der Waals surface area (Å²) in [5, 5.41) is 11.2. The molecular weight excluding hydrogens is 314 g/mol. The summed E-state index contributed by atoms with van der Waals surface area (Å²) in [5.74, 6) is -0.159. The second-order valence-corrected chi connectivity index (χ2v) is 7.08. The topological polar surface area (TPSA) is 68.7 Å². The molecule has 1 saturated heterocycles. The van der Waals surface area contributed by atoms with E-state index in [0.29, 0.717) is 11.6 Å². The van der Waals surface area contributed by atoms with E-state index in [-0.39, 0.29) is 11.1 Å². The van der Waals surface area contributed by atoms with Crippen LogP contribution < -0.4 is 4.74 Å². The zero-order valence-electron chi connectivity index (χ0n) is 13.2. The molecule has 23 heavy (non-hydrogen) atoms. The number of hydrogen-bond acceptors (Lipinski definition) is 5. The van der Waals surface area contributed by atoms with Gasteiger partial charge in [0, 0.05) is 23.0 Å². The van der Waals surface area contributed by atoms with E-state index >= 15 is 0 Å². The van der Waals surface area contributed by atoms with Gasteiger partial charge in [0.1, 0.15) is 10.8 Å². The minimum Gasteiger partial charge on any atom is -0.493 e. The molecule has 1 aromatic carbocycles. The van der Waals surface area contributed by atoms with Crippen molar-refractivity contribution in [1.29, 1.82) is 0 Å². The molecule has 0 radical (unpaired) electrons. The van der Waals surface area contributed by atoms with Crippen molar-refractivity contribution in [3.8, 4) is 16.3 Å². The lowest BCUT2D eigenvalue weighted by atomic mass is 9.91. The van der Waals surface area contributed by atoms with Crippen molar-refractivity contribution in [2.75, 3.05) is 19.8 Å². The molecule has 1 aliphatic heterocycles. The van der Waals surface area contributed by atoms with Crippen LogP contribution in [0.2, 0.25) is 0 Å². The normalized spacial score (nSPS) is 20.6. The minimum absolute atomic E-state index is 0.0802. The van der Waals surface area contributed by atoms with Gasteiger partial charge in [-0.1, -0.05) is 6.92 Å². The van der Waals surface area contributed by atoms with Gasteiger partial charge in [-0.25, -0.2) is 9.78 Å². The number of nitrogens with zero attached hydrogens (tertiary/aromatic N) is 1. The van der Waals surface area contributed by atoms with Gasteiger partial charge in [0.05, 0.1) is 13.2 Å². The highest BCUT2D eigenvalue weighted by Crippen LogP contribution is 2.32. The smallest absolute Gasteiger partial charge is 0.355 e. The molecule has 5 nitrogen and oxygen atoms in total. The molecule has 0 saturated carbocycles. The fourth-order valence-corrected chi connectivity index (χ4v) is 3.31. The van der Waals surface area contributed by atoms with Crippen LogP contribution in [0.3, 0.4) is 0 Å². The van der Waals surface area contributed by atoms with Crippen LogP contribution in [0, 0.1) is 12.3 Å². The highest BCUT2D eigenvalue weighted by molar-refractivity contribution is 7.13. The van der Waals surface area contributed by atoms with Crippen LogP contribution in [0.4, 0.5) is 0 Å². The van der Waals surface area contributed by atoms with E-state index in [1.54, 1.807) is 5.38 Å². The maximum Gasteiger partial charge on any atom is 0.355 e. The van der Waals surface area contributed by atoms with Gasteiger partial charge in [-0.15, -0.1) is 11.3 Å². The van der Waals surface area contributed by atoms with Crippen LogP contribution in [0.25, 0.3) is 10.6 Å². The van der Waals surface area contributed by atoms with Gasteiger partial charge in [0.25, 0.3) is 0 Å². The largest absolute Gasteiger partial charge is 0.493 e. The monoisotopic (exact) mass is 333 g/mol. The predicted molar refractivity (Wildman–Crippen MR) is 88.3 cm³/mol. The fraction of sp³-hybridized carbons (Fsp3) is 0.412. The van der Waals surface area contributed by atoms with E-state index in [9.17, 15) is 4.79 Å². The Bertz CT molecular complexity index is 719. The zero-order valence-corrected chi connectivity index (χ0v) is 14.0. The number of rotatable bonds is 5. The van der Waals surface area contributed by atoms with Gasteiger partial charge >= 0.3 is 5.97 Å². The molecule has 0 spiro atoms. The minimum atomic E-state index is -1.00. The third-order valence-corrected chi connectivity index (χ3v) is 4.91. The van der Waals surface area contributed by atoms with Crippen molar-refractivity contribution in [3.63, 3.8) is 0 Å². The van der Waals surface area contributed by atoms with Crippen LogP contribution in [0.5, 0.6) is 5.75 Å². The summed E-state index contributed by atoms with van der Waals surface area (Å²) in [6.07, 6.45) is 1.02. The van der Waals surface area contributed by atoms with E-state index in [1.165, 1.54) is 11.3 Å². The first kappa shape index (κ1) is 16.0. The molecule has 2 heterocycles. The second kappa shape index (κ2) is 6.29. The molecule has 0 aliphatic carbocycles. The van der Waals surface area contributed by atoms with Crippen LogP contribution in [-0.4, -0.2) is 35.9 Å². The first-order chi connectivity index (χ1) is 11.0. The molecule has 1 fully saturated rings. The molecule has 0 amide bonds. The molecule has 0 bridgehead atoms. The highest BCUT2D eigenvalue weighted by Gasteiger charge is 2.30. The zero-order chi connectivity index (χ0) is 16.4. The maximum absolute atomic E-state index is 10.9. The Hall–Kier alpha value is -1.92. The number of ether oxygens (including phenoxy) is 2. The number of thiazole rings is 1. The first-order valence-electron chi connectivity index (χ1n) is 7.47. The molecule has 1 aliphatic rings. The number of benzene rings is 1. The number of carboxylic acid groups (broad SMARTS) is 1. The van der Waals surface area contributed by atoms with E-state index in [1.807, 2.05) is 25.1 Å². The van der Waals surface area contributed by atoms with Gasteiger partial charge < -0.3 is 14.6 Å². The second-order valence-electron chi connectivity index (χ2n) is 6.23. The number of carboxylic acids is 1. The Morgan fingerprint density at radius 3 is 2.96 bits per heavy atom. The van der Waals surface area contributed by atoms with Crippen molar-refractivity contribution in [1.82, 2.24) is 4.98 Å². The van der Waals surface area contributed by atoms with Crippen molar-refractivity contribution in [2.45, 2.75) is 20.3 Å². The molecule has 1 N–H and O–H groups in total. The van der Waals surface area contributed by atoms with Crippen LogP contribution in [-0.2, 0) is 4.74 Å². The van der Waals surface area contributed by atoms with E-state index in [0.717, 1.165) is 36.5 Å². The summed E-state index contributed by atoms with van der Waals surface area (Å²) in [7, 11) is 0. The third kappa shape index (κ3) is 3.54. The Labute approximate surface area is 138 Å². The van der Waals surface area contributed by atoms with E-state index < -0.39 is 5.97 Å². The fourth-order valence-electron chi connectivity index (χ4n) is 2.52. The Morgan fingerprint density at radius 2 is 2.35 bits per heavy atom. The molecule has 2 aromatic rings. The Balaban J connectivity index is 1.73. The number of aromatic nitrogens is 1. The molecule has 6 heteroatoms. The Morgan fingerprint density at radius 1 is 1.52 bits per heavy atom. The molecule has 1 unspecified atom stereocenters. The van der Waals surface area contributed by atoms with Crippen LogP contribution in [0.15, 0.2) is 23.6 Å². The van der Waals surface area contributed by atoms with Crippen molar-refractivity contribution in [2.24, 2.45) is 5.41 Å². The average molecular weight is 333 g/mol. The standard InChI is InChI=1S/C17H19NO4S/c1-11-7-12(15-18-13(8-23-15)16(19)20)3-4-14(11)22-10-17(2)5-6-21-9-17/h3-4,7-8H,5-6,9-10H2,1-2H3,(H,19,20). The van der Waals surface area contributed by atoms with E-state index in [4.69, 9.17) is 14.6 Å². The summed E-state index contributed by atoms with van der Waals surface area (Å²) >= 11 is 1.33. The van der Waals surface area contributed by atoms with Crippen molar-refractivity contribution < 1.29 is 19.4 Å². The molecule has 1 atom stereocenters. The summed E-state index contributed by atoms with van der Waals surface area (Å²) in [5.41, 5.74) is 2.08. The average Bonchev–Trinajstić information content (AvgIpc) is 3.15. The summed E-state index contributed by atoms with van der Waals surface area (Å²) in [4.78, 5) is 15.1. The number of hydrogen-bond donors (Lipinski definition) is 1. The SMILES string of the molecule is Cc1cc(-c2nc(C(=O)O)cs2)ccc1OCC1(C)CCOC1. The third-order valence-electron chi connectivity index (χ3n) is 4.02. The van der Waals surface area contributed by atoms with Gasteiger partial charge in [-0.05, 0) is 37.1 Å². The first-order valence-corrected chi connectivity index (χ1v) is 8.35. The van der Waals surface area contributed by atoms with Crippen molar-refractivity contribution in [3.05, 3.63) is 34.8 Å². The van der Waals surface area contributed by atoms with E-state index in [2.05, 4.69) is 11.9 Å². The Kier molecular flexibility index (Phi) is 4.37. The lowest BCUT2D eigenvalue weighted by Crippen LogP contribution is -2.25. The summed E-state index contributed by atoms with van der Waals surface area (Å²) in [6, 6.07) is 5.82. The van der Waals surface area contributed by atoms with Gasteiger partial charge in [0.2, 0.25) is 0 Å². The van der Waals surface area contributed by atoms with Gasteiger partial charge in [-0.3, -0.25) is 0 Å². The molecule has 1 aromatic heterocycles. The number of aryl methyl sites for hydroxylation is 1. The lowest BCUT2D eigenvalue weighted by Gasteiger charge is -2.22. The highest BCUT2D eigenvalue weighted by atomic mass is 32.1. The van der Waals surface area contributed by atoms with Crippen molar-refractivity contribution >= 4 is 17.3 Å². The number of aromatic carboxylic acids is 1. The van der Waals surface area contributed by atoms with Gasteiger partial charge in [0.15, 0.2) is 5.69 Å². The van der Waals surface area contributed by atoms with Crippen LogP contribution >= 0.6 is 11.3 Å². The molecule has 3 rings (SSSR count). The van der Waals surface area contributed by atoms with Gasteiger partial charge in [-0.2, -0.15) is 0 Å².